The molecule has 0 aromatic carbocycles. The number of methoxy groups -OCH3 is 1. The highest BCUT2D eigenvalue weighted by molar-refractivity contribution is 6.00. The number of Topliss-reactive ketones (excluding diaryl/α,β-unsaturated/α-hetero) is 1. The van der Waals surface area contributed by atoms with E-state index in [2.05, 4.69) is 4.98 Å². The van der Waals surface area contributed by atoms with Crippen molar-refractivity contribution in [3.8, 4) is 0 Å². The molecule has 4 heteroatoms. The van der Waals surface area contributed by atoms with Gasteiger partial charge in [-0.2, -0.15) is 0 Å². The Kier molecular flexibility index (Phi) is 4.10. The SMILES string of the molecule is COC(=O)c1c(C)[nH]c(C(C)=O)c1CC(C)C. The van der Waals surface area contributed by atoms with E-state index in [1.165, 1.54) is 14.0 Å². The molecule has 0 aliphatic heterocycles. The number of hydrogen-bond donors (Lipinski definition) is 1. The first kappa shape index (κ1) is 13.5. The van der Waals surface area contributed by atoms with Crippen molar-refractivity contribution < 1.29 is 14.3 Å². The third-order valence-electron chi connectivity index (χ3n) is 2.65. The zero-order valence-electron chi connectivity index (χ0n) is 11.0. The van der Waals surface area contributed by atoms with E-state index in [0.717, 1.165) is 5.56 Å². The summed E-state index contributed by atoms with van der Waals surface area (Å²) in [6, 6.07) is 0. The first-order valence-corrected chi connectivity index (χ1v) is 5.69. The van der Waals surface area contributed by atoms with Crippen molar-refractivity contribution in [3.63, 3.8) is 0 Å². The fourth-order valence-corrected chi connectivity index (χ4v) is 1.97. The maximum absolute atomic E-state index is 11.7. The van der Waals surface area contributed by atoms with Crippen molar-refractivity contribution in [3.05, 3.63) is 22.5 Å². The van der Waals surface area contributed by atoms with Crippen LogP contribution in [-0.4, -0.2) is 23.8 Å². The zero-order valence-corrected chi connectivity index (χ0v) is 11.0. The van der Waals surface area contributed by atoms with E-state index in [4.69, 9.17) is 4.74 Å². The van der Waals surface area contributed by atoms with Crippen molar-refractivity contribution in [1.29, 1.82) is 0 Å². The molecule has 4 nitrogen and oxygen atoms in total. The monoisotopic (exact) mass is 237 g/mol. The van der Waals surface area contributed by atoms with E-state index in [1.54, 1.807) is 6.92 Å². The number of carbonyl (C=O) groups excluding carboxylic acids is 2. The molecule has 0 aliphatic carbocycles. The van der Waals surface area contributed by atoms with E-state index >= 15 is 0 Å². The molecule has 0 saturated heterocycles. The van der Waals surface area contributed by atoms with Crippen LogP contribution in [0.25, 0.3) is 0 Å². The Bertz CT molecular complexity index is 444. The average Bonchev–Trinajstić information content (AvgIpc) is 2.54. The summed E-state index contributed by atoms with van der Waals surface area (Å²) >= 11 is 0. The number of carbonyl (C=O) groups is 2. The van der Waals surface area contributed by atoms with Gasteiger partial charge < -0.3 is 9.72 Å². The lowest BCUT2D eigenvalue weighted by Crippen LogP contribution is -2.09. The van der Waals surface area contributed by atoms with Gasteiger partial charge in [0.15, 0.2) is 5.78 Å². The van der Waals surface area contributed by atoms with Crippen molar-refractivity contribution in [2.75, 3.05) is 7.11 Å². The summed E-state index contributed by atoms with van der Waals surface area (Å²) in [4.78, 5) is 26.2. The summed E-state index contributed by atoms with van der Waals surface area (Å²) < 4.78 is 4.76. The lowest BCUT2D eigenvalue weighted by atomic mass is 9.97. The van der Waals surface area contributed by atoms with Crippen molar-refractivity contribution in [1.82, 2.24) is 4.98 Å². The summed E-state index contributed by atoms with van der Waals surface area (Å²) in [7, 11) is 1.35. The van der Waals surface area contributed by atoms with Gasteiger partial charge in [0.2, 0.25) is 0 Å². The number of H-pyrrole nitrogens is 1. The van der Waals surface area contributed by atoms with E-state index in [9.17, 15) is 9.59 Å². The predicted molar refractivity (Wildman–Crippen MR) is 65.4 cm³/mol. The van der Waals surface area contributed by atoms with Crippen LogP contribution in [0.4, 0.5) is 0 Å². The molecule has 1 N–H and O–H groups in total. The van der Waals surface area contributed by atoms with Gasteiger partial charge in [-0.05, 0) is 24.8 Å². The van der Waals surface area contributed by atoms with Crippen LogP contribution < -0.4 is 0 Å². The van der Waals surface area contributed by atoms with Gasteiger partial charge in [-0.15, -0.1) is 0 Å². The van der Waals surface area contributed by atoms with Gasteiger partial charge in [-0.25, -0.2) is 4.79 Å². The average molecular weight is 237 g/mol. The lowest BCUT2D eigenvalue weighted by molar-refractivity contribution is 0.0599. The smallest absolute Gasteiger partial charge is 0.339 e. The van der Waals surface area contributed by atoms with E-state index < -0.39 is 0 Å². The maximum atomic E-state index is 11.7. The second-order valence-corrected chi connectivity index (χ2v) is 4.62. The van der Waals surface area contributed by atoms with Crippen LogP contribution in [0.15, 0.2) is 0 Å². The number of ether oxygens (including phenoxy) is 1. The predicted octanol–water partition coefficient (Wildman–Crippen LogP) is 2.51. The number of esters is 1. The molecule has 1 aromatic rings. The summed E-state index contributed by atoms with van der Waals surface area (Å²) in [6.07, 6.45) is 0.684. The molecule has 0 bridgehead atoms. The molecular formula is C13H19NO3. The van der Waals surface area contributed by atoms with Gasteiger partial charge in [0.25, 0.3) is 0 Å². The Morgan fingerprint density at radius 1 is 1.35 bits per heavy atom. The number of rotatable bonds is 4. The van der Waals surface area contributed by atoms with E-state index in [-0.39, 0.29) is 11.8 Å². The third kappa shape index (κ3) is 2.75. The van der Waals surface area contributed by atoms with Crippen molar-refractivity contribution in [2.24, 2.45) is 5.92 Å². The molecule has 0 atom stereocenters. The standard InChI is InChI=1S/C13H19NO3/c1-7(2)6-10-11(13(16)17-5)8(3)14-12(10)9(4)15/h7,14H,6H2,1-5H3. The van der Waals surface area contributed by atoms with Crippen LogP contribution >= 0.6 is 0 Å². The molecule has 0 spiro atoms. The normalized spacial score (nSPS) is 10.7. The summed E-state index contributed by atoms with van der Waals surface area (Å²) in [6.45, 7) is 7.37. The largest absolute Gasteiger partial charge is 0.465 e. The minimum absolute atomic E-state index is 0.0566. The Hall–Kier alpha value is -1.58. The van der Waals surface area contributed by atoms with Gasteiger partial charge in [0.05, 0.1) is 18.4 Å². The number of aromatic nitrogens is 1. The second kappa shape index (κ2) is 5.17. The first-order valence-electron chi connectivity index (χ1n) is 5.69. The van der Waals surface area contributed by atoms with Crippen LogP contribution in [0.2, 0.25) is 0 Å². The van der Waals surface area contributed by atoms with Crippen molar-refractivity contribution >= 4 is 11.8 Å². The molecule has 0 fully saturated rings. The molecule has 0 aliphatic rings. The summed E-state index contributed by atoms with van der Waals surface area (Å²) in [5.74, 6) is -0.0764. The Balaban J connectivity index is 3.36. The van der Waals surface area contributed by atoms with E-state index in [1.807, 2.05) is 13.8 Å². The highest BCUT2D eigenvalue weighted by atomic mass is 16.5. The Labute approximate surface area is 101 Å². The highest BCUT2D eigenvalue weighted by Gasteiger charge is 2.23. The van der Waals surface area contributed by atoms with Gasteiger partial charge in [-0.1, -0.05) is 13.8 Å². The molecule has 17 heavy (non-hydrogen) atoms. The van der Waals surface area contributed by atoms with Crippen LogP contribution in [0.3, 0.4) is 0 Å². The topological polar surface area (TPSA) is 59.2 Å². The van der Waals surface area contributed by atoms with Gasteiger partial charge in [0.1, 0.15) is 0 Å². The molecule has 0 amide bonds. The number of nitrogens with one attached hydrogen (secondary N) is 1. The van der Waals surface area contributed by atoms with Crippen LogP contribution in [0.5, 0.6) is 0 Å². The fourth-order valence-electron chi connectivity index (χ4n) is 1.97. The Morgan fingerprint density at radius 2 is 1.94 bits per heavy atom. The molecule has 1 aromatic heterocycles. The van der Waals surface area contributed by atoms with Crippen LogP contribution in [-0.2, 0) is 11.2 Å². The molecular weight excluding hydrogens is 218 g/mol. The highest BCUT2D eigenvalue weighted by Crippen LogP contribution is 2.23. The second-order valence-electron chi connectivity index (χ2n) is 4.62. The van der Waals surface area contributed by atoms with Crippen molar-refractivity contribution in [2.45, 2.75) is 34.1 Å². The van der Waals surface area contributed by atoms with Crippen LogP contribution in [0.1, 0.15) is 52.9 Å². The number of aromatic amines is 1. The minimum Gasteiger partial charge on any atom is -0.465 e. The van der Waals surface area contributed by atoms with Gasteiger partial charge in [-0.3, -0.25) is 4.79 Å². The van der Waals surface area contributed by atoms with Crippen LogP contribution in [0, 0.1) is 12.8 Å². The number of aryl methyl sites for hydroxylation is 1. The lowest BCUT2D eigenvalue weighted by Gasteiger charge is -2.07. The third-order valence-corrected chi connectivity index (χ3v) is 2.65. The molecule has 0 saturated carbocycles. The number of ketones is 1. The molecule has 0 radical (unpaired) electrons. The van der Waals surface area contributed by atoms with Gasteiger partial charge >= 0.3 is 5.97 Å². The number of hydrogen-bond acceptors (Lipinski definition) is 3. The summed E-state index contributed by atoms with van der Waals surface area (Å²) in [5.41, 5.74) is 2.50. The fraction of sp³-hybridized carbons (Fsp3) is 0.538. The Morgan fingerprint density at radius 3 is 2.35 bits per heavy atom. The molecule has 94 valence electrons. The molecule has 1 rings (SSSR count). The maximum Gasteiger partial charge on any atom is 0.339 e. The molecule has 0 unspecified atom stereocenters. The zero-order chi connectivity index (χ0) is 13.2. The quantitative estimate of drug-likeness (QED) is 0.646. The molecule has 1 heterocycles. The summed E-state index contributed by atoms with van der Waals surface area (Å²) in [5, 5.41) is 0. The van der Waals surface area contributed by atoms with Gasteiger partial charge in [0, 0.05) is 12.6 Å². The van der Waals surface area contributed by atoms with E-state index in [0.29, 0.717) is 29.3 Å². The first-order chi connectivity index (χ1) is 7.88. The minimum atomic E-state index is -0.387.